The molecule has 4 nitrogen and oxygen atoms in total. The number of carbonyl (C=O) groups is 2. The predicted octanol–water partition coefficient (Wildman–Crippen LogP) is 4.43. The van der Waals surface area contributed by atoms with Crippen molar-refractivity contribution in [2.75, 3.05) is 6.61 Å². The average Bonchev–Trinajstić information content (AvgIpc) is 2.67. The first-order valence-corrected chi connectivity index (χ1v) is 9.08. The molecule has 0 aliphatic heterocycles. The van der Waals surface area contributed by atoms with Gasteiger partial charge in [0, 0.05) is 5.56 Å². The van der Waals surface area contributed by atoms with E-state index in [9.17, 15) is 22.8 Å². The topological polar surface area (TPSA) is 55.4 Å². The molecule has 0 heterocycles. The van der Waals surface area contributed by atoms with Gasteiger partial charge in [0.25, 0.3) is 5.91 Å². The first-order valence-electron chi connectivity index (χ1n) is 9.08. The van der Waals surface area contributed by atoms with Crippen molar-refractivity contribution in [2.24, 2.45) is 0 Å². The number of para-hydroxylation sites is 1. The minimum absolute atomic E-state index is 0.204. The molecule has 1 amide bonds. The number of ether oxygens (including phenoxy) is 1. The minimum atomic E-state index is -0.911. The Morgan fingerprint density at radius 2 is 1.64 bits per heavy atom. The van der Waals surface area contributed by atoms with Gasteiger partial charge in [0.1, 0.15) is 12.4 Å². The highest BCUT2D eigenvalue weighted by Gasteiger charge is 2.22. The molecule has 2 aromatic rings. The summed E-state index contributed by atoms with van der Waals surface area (Å²) in [7, 11) is 0. The number of unbranched alkanes of at least 4 members (excludes halogenated alkanes) is 2. The molecule has 0 bridgehead atoms. The van der Waals surface area contributed by atoms with Gasteiger partial charge in [-0.05, 0) is 42.8 Å². The normalized spacial score (nSPS) is 11.7. The van der Waals surface area contributed by atoms with E-state index >= 15 is 0 Å². The summed E-state index contributed by atoms with van der Waals surface area (Å²) in [6, 6.07) is 7.28. The van der Waals surface area contributed by atoms with E-state index < -0.39 is 47.5 Å². The number of amides is 1. The van der Waals surface area contributed by atoms with E-state index in [1.807, 2.05) is 6.92 Å². The average molecular weight is 393 g/mol. The lowest BCUT2D eigenvalue weighted by Gasteiger charge is -2.18. The molecule has 0 radical (unpaired) electrons. The van der Waals surface area contributed by atoms with E-state index in [2.05, 4.69) is 5.32 Å². The number of halogens is 3. The van der Waals surface area contributed by atoms with Gasteiger partial charge in [-0.3, -0.25) is 9.59 Å². The summed E-state index contributed by atoms with van der Waals surface area (Å²) in [6.07, 6.45) is 2.83. The monoisotopic (exact) mass is 393 g/mol. The van der Waals surface area contributed by atoms with Crippen molar-refractivity contribution in [3.8, 4) is 5.75 Å². The van der Waals surface area contributed by atoms with E-state index in [0.717, 1.165) is 37.1 Å². The summed E-state index contributed by atoms with van der Waals surface area (Å²) in [5, 5.41) is 2.60. The van der Waals surface area contributed by atoms with Crippen LogP contribution in [0.25, 0.3) is 0 Å². The highest BCUT2D eigenvalue weighted by Crippen LogP contribution is 2.21. The molecule has 0 aliphatic carbocycles. The van der Waals surface area contributed by atoms with E-state index in [1.54, 1.807) is 0 Å². The van der Waals surface area contributed by atoms with Crippen LogP contribution in [0.3, 0.4) is 0 Å². The van der Waals surface area contributed by atoms with Gasteiger partial charge in [0.2, 0.25) is 0 Å². The van der Waals surface area contributed by atoms with Gasteiger partial charge in [0.05, 0.1) is 6.04 Å². The number of nitrogens with one attached hydrogen (secondary N) is 1. The van der Waals surface area contributed by atoms with Crippen molar-refractivity contribution < 1.29 is 27.5 Å². The lowest BCUT2D eigenvalue weighted by Crippen LogP contribution is -2.43. The van der Waals surface area contributed by atoms with Gasteiger partial charge in [0.15, 0.2) is 23.2 Å². The van der Waals surface area contributed by atoms with Crippen LogP contribution in [0.2, 0.25) is 0 Å². The molecule has 28 heavy (non-hydrogen) atoms. The van der Waals surface area contributed by atoms with E-state index in [-0.39, 0.29) is 5.56 Å². The third kappa shape index (κ3) is 6.11. The Morgan fingerprint density at radius 3 is 2.25 bits per heavy atom. The van der Waals surface area contributed by atoms with Crippen LogP contribution < -0.4 is 10.1 Å². The van der Waals surface area contributed by atoms with Crippen molar-refractivity contribution in [1.29, 1.82) is 0 Å². The highest BCUT2D eigenvalue weighted by atomic mass is 19.1. The maximum absolute atomic E-state index is 13.6. The van der Waals surface area contributed by atoms with Crippen molar-refractivity contribution >= 4 is 11.7 Å². The second kappa shape index (κ2) is 10.5. The Kier molecular flexibility index (Phi) is 8.04. The van der Waals surface area contributed by atoms with Crippen LogP contribution >= 0.6 is 0 Å². The van der Waals surface area contributed by atoms with Crippen LogP contribution in [0.5, 0.6) is 5.75 Å². The first kappa shape index (κ1) is 21.5. The van der Waals surface area contributed by atoms with Crippen molar-refractivity contribution in [3.05, 3.63) is 65.5 Å². The van der Waals surface area contributed by atoms with Gasteiger partial charge < -0.3 is 10.1 Å². The quantitative estimate of drug-likeness (QED) is 0.608. The van der Waals surface area contributed by atoms with Gasteiger partial charge in [-0.1, -0.05) is 32.3 Å². The molecule has 2 rings (SSSR count). The van der Waals surface area contributed by atoms with Gasteiger partial charge >= 0.3 is 0 Å². The summed E-state index contributed by atoms with van der Waals surface area (Å²) >= 11 is 0. The molecule has 0 spiro atoms. The second-order valence-electron chi connectivity index (χ2n) is 6.33. The zero-order chi connectivity index (χ0) is 20.5. The molecule has 0 unspecified atom stereocenters. The lowest BCUT2D eigenvalue weighted by atomic mass is 10.0. The van der Waals surface area contributed by atoms with E-state index in [0.29, 0.717) is 12.8 Å². The molecule has 2 aromatic carbocycles. The third-order valence-electron chi connectivity index (χ3n) is 4.17. The second-order valence-corrected chi connectivity index (χ2v) is 6.33. The summed E-state index contributed by atoms with van der Waals surface area (Å²) < 4.78 is 45.3. The van der Waals surface area contributed by atoms with Crippen LogP contribution in [0.1, 0.15) is 43.0 Å². The van der Waals surface area contributed by atoms with Crippen LogP contribution in [-0.4, -0.2) is 24.3 Å². The van der Waals surface area contributed by atoms with Crippen molar-refractivity contribution in [1.82, 2.24) is 5.32 Å². The van der Waals surface area contributed by atoms with E-state index in [1.165, 1.54) is 18.2 Å². The first-order chi connectivity index (χ1) is 13.4. The van der Waals surface area contributed by atoms with Crippen molar-refractivity contribution in [2.45, 2.75) is 38.6 Å². The molecular weight excluding hydrogens is 371 g/mol. The largest absolute Gasteiger partial charge is 0.480 e. The van der Waals surface area contributed by atoms with Crippen LogP contribution in [0.15, 0.2) is 42.5 Å². The standard InChI is InChI=1S/C21H22F3NO3/c1-2-3-4-8-18(25-21(27)14-9-11-15(22)12-10-14)19(26)13-28-20-16(23)6-5-7-17(20)24/h5-7,9-12,18H,2-4,8,13H2,1H3,(H,25,27)/t18-/m0/s1. The SMILES string of the molecule is CCCCC[C@H](NC(=O)c1ccc(F)cc1)C(=O)COc1c(F)cccc1F. The zero-order valence-corrected chi connectivity index (χ0v) is 15.5. The molecule has 0 fully saturated rings. The molecule has 1 N–H and O–H groups in total. The Bertz CT molecular complexity index is 789. The maximum atomic E-state index is 13.6. The van der Waals surface area contributed by atoms with Gasteiger partial charge in [-0.15, -0.1) is 0 Å². The van der Waals surface area contributed by atoms with Gasteiger partial charge in [-0.25, -0.2) is 13.2 Å². The van der Waals surface area contributed by atoms with E-state index in [4.69, 9.17) is 4.74 Å². The number of hydrogen-bond donors (Lipinski definition) is 1. The highest BCUT2D eigenvalue weighted by molar-refractivity contribution is 5.98. The third-order valence-corrected chi connectivity index (χ3v) is 4.17. The number of ketones is 1. The molecule has 0 aromatic heterocycles. The molecule has 0 aliphatic rings. The molecule has 0 saturated carbocycles. The molecule has 0 saturated heterocycles. The lowest BCUT2D eigenvalue weighted by molar-refractivity contribution is -0.123. The number of carbonyl (C=O) groups excluding carboxylic acids is 2. The Morgan fingerprint density at radius 1 is 1.00 bits per heavy atom. The van der Waals surface area contributed by atoms with Crippen molar-refractivity contribution in [3.63, 3.8) is 0 Å². The Hall–Kier alpha value is -2.83. The zero-order valence-electron chi connectivity index (χ0n) is 15.5. The summed E-state index contributed by atoms with van der Waals surface area (Å²) in [6.45, 7) is 1.41. The fourth-order valence-corrected chi connectivity index (χ4v) is 2.62. The Labute approximate surface area is 161 Å². The number of Topliss-reactive ketones (excluding diaryl/α,β-unsaturated/α-hetero) is 1. The smallest absolute Gasteiger partial charge is 0.251 e. The predicted molar refractivity (Wildman–Crippen MR) is 98.7 cm³/mol. The van der Waals surface area contributed by atoms with Crippen LogP contribution in [-0.2, 0) is 4.79 Å². The summed E-state index contributed by atoms with van der Waals surface area (Å²) in [4.78, 5) is 24.8. The molecule has 150 valence electrons. The fraction of sp³-hybridized carbons (Fsp3) is 0.333. The molecular formula is C21H22F3NO3. The summed E-state index contributed by atoms with van der Waals surface area (Å²) in [5.74, 6) is -3.97. The fourth-order valence-electron chi connectivity index (χ4n) is 2.62. The van der Waals surface area contributed by atoms with Crippen LogP contribution in [0, 0.1) is 17.5 Å². The number of benzene rings is 2. The maximum Gasteiger partial charge on any atom is 0.251 e. The van der Waals surface area contributed by atoms with Crippen LogP contribution in [0.4, 0.5) is 13.2 Å². The number of rotatable bonds is 10. The number of hydrogen-bond acceptors (Lipinski definition) is 3. The molecule has 1 atom stereocenters. The summed E-state index contributed by atoms with van der Waals surface area (Å²) in [5.41, 5.74) is 0.204. The molecule has 7 heteroatoms. The minimum Gasteiger partial charge on any atom is -0.480 e. The Balaban J connectivity index is 2.04. The van der Waals surface area contributed by atoms with Gasteiger partial charge in [-0.2, -0.15) is 0 Å².